The van der Waals surface area contributed by atoms with Gasteiger partial charge in [0.15, 0.2) is 9.84 Å². The molecule has 18 heavy (non-hydrogen) atoms. The van der Waals surface area contributed by atoms with Gasteiger partial charge in [-0.3, -0.25) is 4.79 Å². The molecule has 0 aromatic heterocycles. The van der Waals surface area contributed by atoms with E-state index >= 15 is 0 Å². The van der Waals surface area contributed by atoms with Gasteiger partial charge >= 0.3 is 0 Å². The van der Waals surface area contributed by atoms with Gasteiger partial charge in [0.1, 0.15) is 0 Å². The highest BCUT2D eigenvalue weighted by Crippen LogP contribution is 2.18. The summed E-state index contributed by atoms with van der Waals surface area (Å²) in [5, 5.41) is 2.93. The molecule has 1 aliphatic heterocycles. The molecule has 0 aromatic carbocycles. The smallest absolute Gasteiger partial charge is 0.224 e. The Bertz CT molecular complexity index is 364. The van der Waals surface area contributed by atoms with E-state index in [4.69, 9.17) is 0 Å². The van der Waals surface area contributed by atoms with Crippen molar-refractivity contribution in [2.75, 3.05) is 11.5 Å². The molecule has 1 heterocycles. The van der Waals surface area contributed by atoms with Crippen molar-refractivity contribution in [3.63, 3.8) is 0 Å². The summed E-state index contributed by atoms with van der Waals surface area (Å²) in [7, 11) is -2.96. The molecule has 0 spiro atoms. The SMILES string of the molecule is CCCCCCC(C)NC(=O)C1CCS(=O)(=O)C1. The largest absolute Gasteiger partial charge is 0.353 e. The number of hydrogen-bond acceptors (Lipinski definition) is 3. The molecule has 2 atom stereocenters. The highest BCUT2D eigenvalue weighted by atomic mass is 32.2. The van der Waals surface area contributed by atoms with Gasteiger partial charge in [-0.05, 0) is 19.8 Å². The van der Waals surface area contributed by atoms with E-state index < -0.39 is 9.84 Å². The topological polar surface area (TPSA) is 63.2 Å². The van der Waals surface area contributed by atoms with E-state index in [1.54, 1.807) is 0 Å². The summed E-state index contributed by atoms with van der Waals surface area (Å²) in [6, 6.07) is 0.151. The van der Waals surface area contributed by atoms with E-state index in [1.807, 2.05) is 6.92 Å². The number of amides is 1. The van der Waals surface area contributed by atoms with Crippen LogP contribution < -0.4 is 5.32 Å². The van der Waals surface area contributed by atoms with Crippen molar-refractivity contribution in [1.82, 2.24) is 5.32 Å². The van der Waals surface area contributed by atoms with Gasteiger partial charge in [0.25, 0.3) is 0 Å². The summed E-state index contributed by atoms with van der Waals surface area (Å²) < 4.78 is 22.6. The molecule has 1 fully saturated rings. The minimum Gasteiger partial charge on any atom is -0.353 e. The number of unbranched alkanes of at least 4 members (excludes halogenated alkanes) is 3. The van der Waals surface area contributed by atoms with E-state index in [0.29, 0.717) is 6.42 Å². The van der Waals surface area contributed by atoms with Crippen LogP contribution >= 0.6 is 0 Å². The van der Waals surface area contributed by atoms with Crippen LogP contribution in [0.5, 0.6) is 0 Å². The second-order valence-electron chi connectivity index (χ2n) is 5.36. The molecule has 1 rings (SSSR count). The number of rotatable bonds is 7. The van der Waals surface area contributed by atoms with Crippen LogP contribution in [-0.2, 0) is 14.6 Å². The fraction of sp³-hybridized carbons (Fsp3) is 0.923. The van der Waals surface area contributed by atoms with E-state index in [1.165, 1.54) is 19.3 Å². The predicted molar refractivity (Wildman–Crippen MR) is 73.1 cm³/mol. The maximum atomic E-state index is 11.9. The number of carbonyl (C=O) groups is 1. The van der Waals surface area contributed by atoms with E-state index in [-0.39, 0.29) is 29.4 Å². The van der Waals surface area contributed by atoms with Crippen molar-refractivity contribution in [3.8, 4) is 0 Å². The quantitative estimate of drug-likeness (QED) is 0.722. The van der Waals surface area contributed by atoms with Crippen LogP contribution in [0.25, 0.3) is 0 Å². The van der Waals surface area contributed by atoms with Gasteiger partial charge in [-0.1, -0.05) is 32.6 Å². The molecule has 4 nitrogen and oxygen atoms in total. The first-order valence-electron chi connectivity index (χ1n) is 6.95. The molecule has 1 aliphatic rings. The third-order valence-electron chi connectivity index (χ3n) is 3.48. The van der Waals surface area contributed by atoms with Crippen LogP contribution in [-0.4, -0.2) is 31.9 Å². The lowest BCUT2D eigenvalue weighted by Crippen LogP contribution is -2.37. The second-order valence-corrected chi connectivity index (χ2v) is 7.59. The molecule has 106 valence electrons. The van der Waals surface area contributed by atoms with Crippen molar-refractivity contribution in [2.45, 2.75) is 58.4 Å². The normalized spacial score (nSPS) is 23.8. The van der Waals surface area contributed by atoms with E-state index in [0.717, 1.165) is 12.8 Å². The Kier molecular flexibility index (Phi) is 6.12. The van der Waals surface area contributed by atoms with Gasteiger partial charge in [-0.2, -0.15) is 0 Å². The monoisotopic (exact) mass is 275 g/mol. The van der Waals surface area contributed by atoms with Gasteiger partial charge in [0.05, 0.1) is 17.4 Å². The lowest BCUT2D eigenvalue weighted by molar-refractivity contribution is -0.124. The highest BCUT2D eigenvalue weighted by Gasteiger charge is 2.33. The Balaban J connectivity index is 2.23. The Hall–Kier alpha value is -0.580. The summed E-state index contributed by atoms with van der Waals surface area (Å²) in [6.07, 6.45) is 6.23. The van der Waals surface area contributed by atoms with Crippen LogP contribution in [0.2, 0.25) is 0 Å². The van der Waals surface area contributed by atoms with Crippen LogP contribution in [0.3, 0.4) is 0 Å². The zero-order valence-electron chi connectivity index (χ0n) is 11.4. The second kappa shape index (κ2) is 7.12. The van der Waals surface area contributed by atoms with E-state index in [9.17, 15) is 13.2 Å². The third kappa shape index (κ3) is 5.38. The average molecular weight is 275 g/mol. The van der Waals surface area contributed by atoms with Crippen molar-refractivity contribution in [3.05, 3.63) is 0 Å². The summed E-state index contributed by atoms with van der Waals surface area (Å²) >= 11 is 0. The Morgan fingerprint density at radius 3 is 2.61 bits per heavy atom. The van der Waals surface area contributed by atoms with Crippen molar-refractivity contribution in [2.24, 2.45) is 5.92 Å². The number of carbonyl (C=O) groups excluding carboxylic acids is 1. The van der Waals surface area contributed by atoms with Gasteiger partial charge in [0.2, 0.25) is 5.91 Å². The Labute approximate surface area is 110 Å². The van der Waals surface area contributed by atoms with Crippen LogP contribution in [0.15, 0.2) is 0 Å². The van der Waals surface area contributed by atoms with Crippen molar-refractivity contribution < 1.29 is 13.2 Å². The summed E-state index contributed by atoms with van der Waals surface area (Å²) in [5.41, 5.74) is 0. The standard InChI is InChI=1S/C13H25NO3S/c1-3-4-5-6-7-11(2)14-13(15)12-8-9-18(16,17)10-12/h11-12H,3-10H2,1-2H3,(H,14,15). The molecule has 1 N–H and O–H groups in total. The van der Waals surface area contributed by atoms with Gasteiger partial charge < -0.3 is 5.32 Å². The summed E-state index contributed by atoms with van der Waals surface area (Å²) in [6.45, 7) is 4.17. The molecule has 5 heteroatoms. The summed E-state index contributed by atoms with van der Waals surface area (Å²) in [5.74, 6) is -0.218. The van der Waals surface area contributed by atoms with Crippen LogP contribution in [0.4, 0.5) is 0 Å². The zero-order chi connectivity index (χ0) is 13.6. The van der Waals surface area contributed by atoms with Gasteiger partial charge in [-0.15, -0.1) is 0 Å². The molecule has 0 bridgehead atoms. The maximum absolute atomic E-state index is 11.9. The molecule has 0 aliphatic carbocycles. The lowest BCUT2D eigenvalue weighted by Gasteiger charge is -2.16. The molecule has 2 unspecified atom stereocenters. The molecule has 1 amide bonds. The maximum Gasteiger partial charge on any atom is 0.224 e. The fourth-order valence-electron chi connectivity index (χ4n) is 2.31. The van der Waals surface area contributed by atoms with Crippen molar-refractivity contribution >= 4 is 15.7 Å². The zero-order valence-corrected chi connectivity index (χ0v) is 12.3. The fourth-order valence-corrected chi connectivity index (χ4v) is 4.05. The molecular weight excluding hydrogens is 250 g/mol. The first-order valence-corrected chi connectivity index (χ1v) is 8.77. The first-order chi connectivity index (χ1) is 8.44. The Morgan fingerprint density at radius 2 is 2.06 bits per heavy atom. The minimum absolute atomic E-state index is 0.0292. The number of hydrogen-bond donors (Lipinski definition) is 1. The molecular formula is C13H25NO3S. The van der Waals surface area contributed by atoms with Crippen LogP contribution in [0.1, 0.15) is 52.4 Å². The van der Waals surface area contributed by atoms with Gasteiger partial charge in [-0.25, -0.2) is 8.42 Å². The van der Waals surface area contributed by atoms with Crippen molar-refractivity contribution in [1.29, 1.82) is 0 Å². The first kappa shape index (κ1) is 15.5. The molecule has 0 aromatic rings. The average Bonchev–Trinajstić information content (AvgIpc) is 2.65. The Morgan fingerprint density at radius 1 is 1.33 bits per heavy atom. The molecule has 0 radical (unpaired) electrons. The predicted octanol–water partition coefficient (Wildman–Crippen LogP) is 1.90. The highest BCUT2D eigenvalue weighted by molar-refractivity contribution is 7.91. The van der Waals surface area contributed by atoms with Gasteiger partial charge in [0, 0.05) is 6.04 Å². The van der Waals surface area contributed by atoms with Crippen LogP contribution in [0, 0.1) is 5.92 Å². The minimum atomic E-state index is -2.96. The molecule has 0 saturated carbocycles. The number of sulfone groups is 1. The molecule has 1 saturated heterocycles. The lowest BCUT2D eigenvalue weighted by atomic mass is 10.1. The summed E-state index contributed by atoms with van der Waals surface area (Å²) in [4.78, 5) is 11.9. The third-order valence-corrected chi connectivity index (χ3v) is 5.25. The van der Waals surface area contributed by atoms with E-state index in [2.05, 4.69) is 12.2 Å². The number of nitrogens with one attached hydrogen (secondary N) is 1.